The van der Waals surface area contributed by atoms with Gasteiger partial charge in [0.05, 0.1) is 13.1 Å². The highest BCUT2D eigenvalue weighted by Crippen LogP contribution is 2.20. The van der Waals surface area contributed by atoms with Crippen molar-refractivity contribution in [3.8, 4) is 0 Å². The Bertz CT molecular complexity index is 679. The summed E-state index contributed by atoms with van der Waals surface area (Å²) in [4.78, 5) is 27.5. The number of pyridine rings is 1. The molecule has 5 heteroatoms. The number of ether oxygens (including phenoxy) is 1. The molecular weight excluding hydrogens is 256 g/mol. The first-order valence-corrected chi connectivity index (χ1v) is 6.39. The van der Waals surface area contributed by atoms with Crippen molar-refractivity contribution in [1.29, 1.82) is 0 Å². The third-order valence-corrected chi connectivity index (χ3v) is 3.27. The van der Waals surface area contributed by atoms with Crippen LogP contribution in [0.25, 0.3) is 0 Å². The molecule has 0 bridgehead atoms. The van der Waals surface area contributed by atoms with Gasteiger partial charge in [0.15, 0.2) is 0 Å². The van der Waals surface area contributed by atoms with Gasteiger partial charge in [-0.25, -0.2) is 4.79 Å². The van der Waals surface area contributed by atoms with Crippen LogP contribution in [-0.2, 0) is 24.4 Å². The fraction of sp³-hybridized carbons (Fsp3) is 0.200. The van der Waals surface area contributed by atoms with Crippen LogP contribution < -0.4 is 5.56 Å². The summed E-state index contributed by atoms with van der Waals surface area (Å²) in [6, 6.07) is 12.8. The van der Waals surface area contributed by atoms with E-state index in [1.54, 1.807) is 11.0 Å². The van der Waals surface area contributed by atoms with Gasteiger partial charge in [0.2, 0.25) is 5.56 Å². The number of carbonyl (C=O) groups excluding carboxylic acids is 1. The molecular formula is C15H14N2O3. The van der Waals surface area contributed by atoms with E-state index in [-0.39, 0.29) is 18.3 Å². The number of H-pyrrole nitrogens is 1. The van der Waals surface area contributed by atoms with Crippen LogP contribution in [0.5, 0.6) is 0 Å². The van der Waals surface area contributed by atoms with Gasteiger partial charge in [-0.2, -0.15) is 0 Å². The lowest BCUT2D eigenvalue weighted by molar-refractivity contribution is 0.0953. The van der Waals surface area contributed by atoms with Gasteiger partial charge in [-0.15, -0.1) is 0 Å². The standard InChI is InChI=1S/C15H14N2O3/c18-14-7-6-12-8-17(9-13(12)16-14)15(19)20-10-11-4-2-1-3-5-11/h1-7H,8-10H2,(H,16,18). The molecule has 1 aromatic heterocycles. The highest BCUT2D eigenvalue weighted by atomic mass is 16.6. The summed E-state index contributed by atoms with van der Waals surface area (Å²) < 4.78 is 5.27. The van der Waals surface area contributed by atoms with Crippen LogP contribution in [-0.4, -0.2) is 16.0 Å². The van der Waals surface area contributed by atoms with E-state index in [1.807, 2.05) is 30.3 Å². The zero-order chi connectivity index (χ0) is 13.9. The summed E-state index contributed by atoms with van der Waals surface area (Å²) >= 11 is 0. The molecule has 1 N–H and O–H groups in total. The van der Waals surface area contributed by atoms with E-state index in [1.165, 1.54) is 6.07 Å². The molecule has 0 spiro atoms. The van der Waals surface area contributed by atoms with E-state index in [0.717, 1.165) is 16.8 Å². The minimum Gasteiger partial charge on any atom is -0.445 e. The lowest BCUT2D eigenvalue weighted by atomic mass is 10.2. The van der Waals surface area contributed by atoms with Gasteiger partial charge in [-0.1, -0.05) is 30.3 Å². The van der Waals surface area contributed by atoms with Crippen molar-refractivity contribution < 1.29 is 9.53 Å². The van der Waals surface area contributed by atoms with E-state index in [2.05, 4.69) is 4.98 Å². The number of aromatic nitrogens is 1. The summed E-state index contributed by atoms with van der Waals surface area (Å²) in [5, 5.41) is 0. The minimum absolute atomic E-state index is 0.150. The Morgan fingerprint density at radius 1 is 1.15 bits per heavy atom. The Balaban J connectivity index is 1.61. The van der Waals surface area contributed by atoms with Crippen molar-refractivity contribution in [2.75, 3.05) is 0 Å². The zero-order valence-corrected chi connectivity index (χ0v) is 10.8. The summed E-state index contributed by atoms with van der Waals surface area (Å²) in [7, 11) is 0. The van der Waals surface area contributed by atoms with E-state index in [4.69, 9.17) is 4.74 Å². The van der Waals surface area contributed by atoms with Crippen LogP contribution in [0.4, 0.5) is 4.79 Å². The van der Waals surface area contributed by atoms with Gasteiger partial charge in [-0.05, 0) is 17.2 Å². The van der Waals surface area contributed by atoms with E-state index < -0.39 is 0 Å². The van der Waals surface area contributed by atoms with Gasteiger partial charge in [0.25, 0.3) is 0 Å². The molecule has 2 aromatic rings. The molecule has 0 saturated carbocycles. The number of hydrogen-bond acceptors (Lipinski definition) is 3. The average molecular weight is 270 g/mol. The molecule has 0 unspecified atom stereocenters. The molecule has 0 radical (unpaired) electrons. The van der Waals surface area contributed by atoms with Crippen molar-refractivity contribution in [3.05, 3.63) is 69.6 Å². The molecule has 0 aliphatic carbocycles. The smallest absolute Gasteiger partial charge is 0.410 e. The number of nitrogens with zero attached hydrogens (tertiary/aromatic N) is 1. The van der Waals surface area contributed by atoms with Crippen LogP contribution in [0.2, 0.25) is 0 Å². The number of carbonyl (C=O) groups is 1. The summed E-state index contributed by atoms with van der Waals surface area (Å²) in [6.45, 7) is 1.11. The number of benzene rings is 1. The maximum absolute atomic E-state index is 12.0. The quantitative estimate of drug-likeness (QED) is 0.908. The minimum atomic E-state index is -0.370. The van der Waals surface area contributed by atoms with Crippen molar-refractivity contribution in [1.82, 2.24) is 9.88 Å². The van der Waals surface area contributed by atoms with Crippen LogP contribution in [0.15, 0.2) is 47.3 Å². The predicted octanol–water partition coefficient (Wildman–Crippen LogP) is 2.03. The highest BCUT2D eigenvalue weighted by Gasteiger charge is 2.24. The Morgan fingerprint density at radius 2 is 1.95 bits per heavy atom. The largest absolute Gasteiger partial charge is 0.445 e. The molecule has 0 atom stereocenters. The molecule has 1 aliphatic rings. The van der Waals surface area contributed by atoms with Crippen molar-refractivity contribution in [2.45, 2.75) is 19.7 Å². The number of nitrogens with one attached hydrogen (secondary N) is 1. The molecule has 20 heavy (non-hydrogen) atoms. The van der Waals surface area contributed by atoms with Gasteiger partial charge >= 0.3 is 6.09 Å². The third kappa shape index (κ3) is 2.56. The second kappa shape index (κ2) is 5.21. The molecule has 3 rings (SSSR count). The fourth-order valence-electron chi connectivity index (χ4n) is 2.23. The van der Waals surface area contributed by atoms with E-state index in [0.29, 0.717) is 13.1 Å². The second-order valence-electron chi connectivity index (χ2n) is 4.72. The highest BCUT2D eigenvalue weighted by molar-refractivity contribution is 5.68. The lowest BCUT2D eigenvalue weighted by Crippen LogP contribution is -2.26. The van der Waals surface area contributed by atoms with E-state index >= 15 is 0 Å². The van der Waals surface area contributed by atoms with Gasteiger partial charge in [-0.3, -0.25) is 9.69 Å². The van der Waals surface area contributed by atoms with Gasteiger partial charge in [0, 0.05) is 11.8 Å². The Morgan fingerprint density at radius 3 is 2.75 bits per heavy atom. The molecule has 102 valence electrons. The zero-order valence-electron chi connectivity index (χ0n) is 10.8. The van der Waals surface area contributed by atoms with Crippen LogP contribution in [0, 0.1) is 0 Å². The maximum atomic E-state index is 12.0. The summed E-state index contributed by atoms with van der Waals surface area (Å²) in [6.07, 6.45) is -0.370. The lowest BCUT2D eigenvalue weighted by Gasteiger charge is -2.15. The van der Waals surface area contributed by atoms with Crippen LogP contribution in [0.3, 0.4) is 0 Å². The van der Waals surface area contributed by atoms with Crippen LogP contribution >= 0.6 is 0 Å². The van der Waals surface area contributed by atoms with Crippen LogP contribution in [0.1, 0.15) is 16.8 Å². The molecule has 5 nitrogen and oxygen atoms in total. The molecule has 2 heterocycles. The predicted molar refractivity (Wildman–Crippen MR) is 72.9 cm³/mol. The van der Waals surface area contributed by atoms with Gasteiger partial charge in [0.1, 0.15) is 6.61 Å². The number of hydrogen-bond donors (Lipinski definition) is 1. The average Bonchev–Trinajstić information content (AvgIpc) is 2.89. The molecule has 1 amide bonds. The SMILES string of the molecule is O=C(OCc1ccccc1)N1Cc2ccc(=O)[nH]c2C1. The third-order valence-electron chi connectivity index (χ3n) is 3.27. The monoisotopic (exact) mass is 270 g/mol. The Kier molecular flexibility index (Phi) is 3.25. The summed E-state index contributed by atoms with van der Waals surface area (Å²) in [5.74, 6) is 0. The Hall–Kier alpha value is -2.56. The van der Waals surface area contributed by atoms with Gasteiger partial charge < -0.3 is 9.72 Å². The fourth-order valence-corrected chi connectivity index (χ4v) is 2.23. The molecule has 0 saturated heterocycles. The summed E-state index contributed by atoms with van der Waals surface area (Å²) in [5.41, 5.74) is 2.55. The molecule has 1 aromatic carbocycles. The first kappa shape index (κ1) is 12.5. The maximum Gasteiger partial charge on any atom is 0.410 e. The number of amides is 1. The normalized spacial score (nSPS) is 13.1. The van der Waals surface area contributed by atoms with Crippen molar-refractivity contribution >= 4 is 6.09 Å². The topological polar surface area (TPSA) is 62.4 Å². The van der Waals surface area contributed by atoms with Crippen molar-refractivity contribution in [3.63, 3.8) is 0 Å². The Labute approximate surface area is 115 Å². The first-order chi connectivity index (χ1) is 9.72. The first-order valence-electron chi connectivity index (χ1n) is 6.39. The molecule has 1 aliphatic heterocycles. The number of aromatic amines is 1. The van der Waals surface area contributed by atoms with Crippen molar-refractivity contribution in [2.24, 2.45) is 0 Å². The second-order valence-corrected chi connectivity index (χ2v) is 4.72. The van der Waals surface area contributed by atoms with E-state index in [9.17, 15) is 9.59 Å². The molecule has 0 fully saturated rings. The number of fused-ring (bicyclic) bond motifs is 1. The number of rotatable bonds is 2.